The number of methoxy groups -OCH3 is 2. The number of nitrogens with zero attached hydrogens (tertiary/aromatic N) is 3. The van der Waals surface area contributed by atoms with Gasteiger partial charge in [0.1, 0.15) is 16.2 Å². The van der Waals surface area contributed by atoms with Crippen LogP contribution in [0.4, 0.5) is 0 Å². The van der Waals surface area contributed by atoms with Gasteiger partial charge < -0.3 is 9.47 Å². The Morgan fingerprint density at radius 3 is 2.52 bits per heavy atom. The molecule has 0 aliphatic heterocycles. The molecule has 4 rings (SSSR count). The average molecular weight is 424 g/mol. The van der Waals surface area contributed by atoms with Gasteiger partial charge in [-0.05, 0) is 43.2 Å². The van der Waals surface area contributed by atoms with Crippen molar-refractivity contribution in [3.8, 4) is 22.8 Å². The summed E-state index contributed by atoms with van der Waals surface area (Å²) in [6.07, 6.45) is 0. The molecule has 5 nitrogen and oxygen atoms in total. The van der Waals surface area contributed by atoms with Crippen molar-refractivity contribution in [1.29, 1.82) is 0 Å². The number of hydrogen-bond donors (Lipinski definition) is 0. The van der Waals surface area contributed by atoms with Crippen LogP contribution in [0.1, 0.15) is 16.1 Å². The molecule has 0 radical (unpaired) electrons. The highest BCUT2D eigenvalue weighted by atomic mass is 32.2. The van der Waals surface area contributed by atoms with Gasteiger partial charge in [0, 0.05) is 11.3 Å². The van der Waals surface area contributed by atoms with Gasteiger partial charge in [-0.3, -0.25) is 0 Å². The Balaban J connectivity index is 1.73. The van der Waals surface area contributed by atoms with E-state index in [4.69, 9.17) is 14.5 Å². The Morgan fingerprint density at radius 1 is 0.966 bits per heavy atom. The minimum Gasteiger partial charge on any atom is -0.493 e. The third-order valence-corrected chi connectivity index (χ3v) is 6.66. The van der Waals surface area contributed by atoms with E-state index in [1.54, 1.807) is 37.3 Å². The summed E-state index contributed by atoms with van der Waals surface area (Å²) < 4.78 is 11.8. The maximum Gasteiger partial charge on any atom is 0.161 e. The van der Waals surface area contributed by atoms with Crippen molar-refractivity contribution in [2.45, 2.75) is 24.6 Å². The quantitative estimate of drug-likeness (QED) is 0.372. The lowest BCUT2D eigenvalue weighted by molar-refractivity contribution is 0.355. The lowest BCUT2D eigenvalue weighted by Gasteiger charge is -2.10. The predicted octanol–water partition coefficient (Wildman–Crippen LogP) is 5.68. The van der Waals surface area contributed by atoms with Gasteiger partial charge in [0.05, 0.1) is 23.9 Å². The first-order chi connectivity index (χ1) is 14.1. The van der Waals surface area contributed by atoms with E-state index in [1.807, 2.05) is 25.1 Å². The van der Waals surface area contributed by atoms with Crippen molar-refractivity contribution in [1.82, 2.24) is 15.2 Å². The molecular weight excluding hydrogens is 402 g/mol. The second kappa shape index (κ2) is 8.39. The van der Waals surface area contributed by atoms with Crippen LogP contribution in [-0.4, -0.2) is 29.4 Å². The second-order valence-corrected chi connectivity index (χ2v) is 8.72. The molecule has 0 aliphatic carbocycles. The first-order valence-corrected chi connectivity index (χ1v) is 10.9. The van der Waals surface area contributed by atoms with Gasteiger partial charge in [-0.2, -0.15) is 0 Å². The van der Waals surface area contributed by atoms with Crippen molar-refractivity contribution in [3.05, 3.63) is 58.6 Å². The highest BCUT2D eigenvalue weighted by Crippen LogP contribution is 2.39. The van der Waals surface area contributed by atoms with Gasteiger partial charge >= 0.3 is 0 Å². The molecule has 0 bridgehead atoms. The van der Waals surface area contributed by atoms with E-state index < -0.39 is 0 Å². The van der Waals surface area contributed by atoms with Gasteiger partial charge in [-0.25, -0.2) is 4.98 Å². The molecule has 4 aromatic rings. The monoisotopic (exact) mass is 423 g/mol. The molecule has 2 aromatic carbocycles. The van der Waals surface area contributed by atoms with Crippen LogP contribution in [-0.2, 0) is 5.75 Å². The van der Waals surface area contributed by atoms with Crippen molar-refractivity contribution >= 4 is 33.3 Å². The Morgan fingerprint density at radius 2 is 1.76 bits per heavy atom. The van der Waals surface area contributed by atoms with Gasteiger partial charge in [0.15, 0.2) is 11.5 Å². The van der Waals surface area contributed by atoms with E-state index in [9.17, 15) is 0 Å². The number of ether oxygens (including phenoxy) is 2. The molecule has 0 fully saturated rings. The summed E-state index contributed by atoms with van der Waals surface area (Å²) in [5, 5.41) is 10.9. The molecule has 0 amide bonds. The number of fused-ring (bicyclic) bond motifs is 1. The Hall–Kier alpha value is -2.64. The van der Waals surface area contributed by atoms with E-state index in [-0.39, 0.29) is 0 Å². The molecule has 2 aromatic heterocycles. The molecule has 0 atom stereocenters. The van der Waals surface area contributed by atoms with E-state index in [2.05, 4.69) is 41.4 Å². The molecule has 29 heavy (non-hydrogen) atoms. The zero-order valence-electron chi connectivity index (χ0n) is 16.7. The number of rotatable bonds is 6. The summed E-state index contributed by atoms with van der Waals surface area (Å²) in [5.74, 6) is 2.19. The Kier molecular flexibility index (Phi) is 5.69. The smallest absolute Gasteiger partial charge is 0.161 e. The fraction of sp³-hybridized carbons (Fsp3) is 0.227. The number of aryl methyl sites for hydroxylation is 2. The lowest BCUT2D eigenvalue weighted by Crippen LogP contribution is -1.95. The molecular formula is C22H21N3O2S2. The molecule has 0 N–H and O–H groups in total. The average Bonchev–Trinajstić information content (AvgIpc) is 3.14. The maximum atomic E-state index is 5.45. The molecule has 0 aliphatic rings. The van der Waals surface area contributed by atoms with Gasteiger partial charge in [-0.15, -0.1) is 21.5 Å². The van der Waals surface area contributed by atoms with Crippen molar-refractivity contribution in [2.75, 3.05) is 14.2 Å². The SMILES string of the molecule is COc1ccc(-c2nnc(SCc3ccccc3C)c3nc(C)sc23)cc1OC. The highest BCUT2D eigenvalue weighted by Gasteiger charge is 2.17. The number of aromatic nitrogens is 3. The normalized spacial score (nSPS) is 11.0. The Labute approximate surface area is 178 Å². The first kappa shape index (κ1) is 19.7. The van der Waals surface area contributed by atoms with Crippen LogP contribution in [0.2, 0.25) is 0 Å². The van der Waals surface area contributed by atoms with Crippen LogP contribution in [0.15, 0.2) is 47.5 Å². The molecule has 0 unspecified atom stereocenters. The van der Waals surface area contributed by atoms with Gasteiger partial charge in [0.2, 0.25) is 0 Å². The molecule has 0 saturated carbocycles. The van der Waals surface area contributed by atoms with E-state index in [0.717, 1.165) is 37.3 Å². The topological polar surface area (TPSA) is 57.1 Å². The fourth-order valence-electron chi connectivity index (χ4n) is 3.11. The number of thioether (sulfide) groups is 1. The van der Waals surface area contributed by atoms with Crippen LogP contribution in [0.5, 0.6) is 11.5 Å². The standard InChI is InChI=1S/C22H21N3O2S2/c1-13-7-5-6-8-16(13)12-28-22-20-21(29-14(2)23-20)19(24-25-22)15-9-10-17(26-3)18(11-15)27-4/h5-11H,12H2,1-4H3. The number of benzene rings is 2. The molecule has 0 spiro atoms. The largest absolute Gasteiger partial charge is 0.493 e. The van der Waals surface area contributed by atoms with Crippen molar-refractivity contribution in [2.24, 2.45) is 0 Å². The zero-order valence-corrected chi connectivity index (χ0v) is 18.4. The molecule has 148 valence electrons. The second-order valence-electron chi connectivity index (χ2n) is 6.55. The van der Waals surface area contributed by atoms with E-state index in [0.29, 0.717) is 11.5 Å². The molecule has 2 heterocycles. The van der Waals surface area contributed by atoms with Crippen LogP contribution in [0, 0.1) is 13.8 Å². The minimum absolute atomic E-state index is 0.666. The van der Waals surface area contributed by atoms with Crippen LogP contribution in [0.3, 0.4) is 0 Å². The third kappa shape index (κ3) is 3.93. The predicted molar refractivity (Wildman–Crippen MR) is 119 cm³/mol. The summed E-state index contributed by atoms with van der Waals surface area (Å²) in [4.78, 5) is 4.75. The first-order valence-electron chi connectivity index (χ1n) is 9.14. The highest BCUT2D eigenvalue weighted by molar-refractivity contribution is 7.98. The number of thiazole rings is 1. The van der Waals surface area contributed by atoms with Gasteiger partial charge in [0.25, 0.3) is 0 Å². The maximum absolute atomic E-state index is 5.45. The summed E-state index contributed by atoms with van der Waals surface area (Å²) in [5.41, 5.74) is 5.22. The summed E-state index contributed by atoms with van der Waals surface area (Å²) >= 11 is 3.31. The summed E-state index contributed by atoms with van der Waals surface area (Å²) in [6, 6.07) is 14.2. The minimum atomic E-state index is 0.666. The lowest BCUT2D eigenvalue weighted by atomic mass is 10.1. The van der Waals surface area contributed by atoms with Crippen molar-refractivity contribution < 1.29 is 9.47 Å². The summed E-state index contributed by atoms with van der Waals surface area (Å²) in [7, 11) is 3.26. The van der Waals surface area contributed by atoms with E-state index in [1.165, 1.54) is 11.1 Å². The van der Waals surface area contributed by atoms with Crippen LogP contribution in [0.25, 0.3) is 21.5 Å². The van der Waals surface area contributed by atoms with Crippen LogP contribution < -0.4 is 9.47 Å². The molecule has 0 saturated heterocycles. The number of hydrogen-bond acceptors (Lipinski definition) is 7. The van der Waals surface area contributed by atoms with Crippen molar-refractivity contribution in [3.63, 3.8) is 0 Å². The third-order valence-electron chi connectivity index (χ3n) is 4.68. The fourth-order valence-corrected chi connectivity index (χ4v) is 5.10. The molecule has 7 heteroatoms. The Bertz CT molecular complexity index is 1170. The summed E-state index contributed by atoms with van der Waals surface area (Å²) in [6.45, 7) is 4.14. The van der Waals surface area contributed by atoms with E-state index >= 15 is 0 Å². The van der Waals surface area contributed by atoms with Crippen LogP contribution >= 0.6 is 23.1 Å². The van der Waals surface area contributed by atoms with Gasteiger partial charge in [-0.1, -0.05) is 36.0 Å². The zero-order chi connectivity index (χ0) is 20.4.